The third-order valence-corrected chi connectivity index (χ3v) is 4.68. The molecule has 0 aliphatic heterocycles. The molecule has 4 nitrogen and oxygen atoms in total. The average Bonchev–Trinajstić information content (AvgIpc) is 2.62. The van der Waals surface area contributed by atoms with Crippen molar-refractivity contribution in [1.82, 2.24) is 0 Å². The Bertz CT molecular complexity index is 740. The van der Waals surface area contributed by atoms with Crippen molar-refractivity contribution in [2.45, 2.75) is 77.6 Å². The molecule has 0 bridgehead atoms. The van der Waals surface area contributed by atoms with Crippen molar-refractivity contribution in [1.29, 1.82) is 0 Å². The van der Waals surface area contributed by atoms with E-state index in [1.807, 2.05) is 0 Å². The zero-order valence-electron chi connectivity index (χ0n) is 18.4. The third kappa shape index (κ3) is 14.6. The summed E-state index contributed by atoms with van der Waals surface area (Å²) in [5, 5.41) is 2.83. The van der Waals surface area contributed by atoms with Gasteiger partial charge in [-0.3, -0.25) is 9.11 Å². The van der Waals surface area contributed by atoms with Gasteiger partial charge in [0.25, 0.3) is 0 Å². The Morgan fingerprint density at radius 2 is 1.21 bits per heavy atom. The Balaban J connectivity index is 0. The van der Waals surface area contributed by atoms with Gasteiger partial charge in [0, 0.05) is 0 Å². The normalized spacial score (nSPS) is 10.8. The number of hydrogen-bond donors (Lipinski definition) is 2. The number of unbranched alkanes of at least 4 members (excludes halogenated alkanes) is 9. The SMILES string of the molecule is CCCCCCCCCCCCc1cccc2ccccc12.O=S(=O)(O)O.[H-].[Na+]. The van der Waals surface area contributed by atoms with Gasteiger partial charge in [-0.2, -0.15) is 8.42 Å². The first kappa shape index (κ1) is 27.6. The average molecular weight is 419 g/mol. The fourth-order valence-corrected chi connectivity index (χ4v) is 3.31. The Morgan fingerprint density at radius 3 is 1.79 bits per heavy atom. The Morgan fingerprint density at radius 1 is 0.750 bits per heavy atom. The predicted molar refractivity (Wildman–Crippen MR) is 115 cm³/mol. The quantitative estimate of drug-likeness (QED) is 0.331. The van der Waals surface area contributed by atoms with Crippen LogP contribution in [0.5, 0.6) is 0 Å². The largest absolute Gasteiger partial charge is 1.00 e. The van der Waals surface area contributed by atoms with Gasteiger partial charge in [-0.05, 0) is 29.2 Å². The zero-order valence-corrected chi connectivity index (χ0v) is 20.3. The molecule has 0 radical (unpaired) electrons. The second kappa shape index (κ2) is 16.4. The van der Waals surface area contributed by atoms with Crippen molar-refractivity contribution >= 4 is 21.2 Å². The molecule has 0 heterocycles. The van der Waals surface area contributed by atoms with Crippen LogP contribution in [0.15, 0.2) is 42.5 Å². The number of rotatable bonds is 11. The fourth-order valence-electron chi connectivity index (χ4n) is 3.31. The molecule has 0 saturated heterocycles. The first-order valence-corrected chi connectivity index (χ1v) is 11.5. The smallest absolute Gasteiger partial charge is 1.00 e. The minimum absolute atomic E-state index is 0. The van der Waals surface area contributed by atoms with Crippen LogP contribution in [0, 0.1) is 0 Å². The molecule has 0 fully saturated rings. The summed E-state index contributed by atoms with van der Waals surface area (Å²) in [4.78, 5) is 0. The molecule has 0 spiro atoms. The fraction of sp³-hybridized carbons (Fsp3) is 0.545. The van der Waals surface area contributed by atoms with Crippen molar-refractivity contribution in [2.24, 2.45) is 0 Å². The summed E-state index contributed by atoms with van der Waals surface area (Å²) in [5.41, 5.74) is 1.53. The molecule has 0 amide bonds. The molecular formula is C22H35NaO4S. The molecule has 2 N–H and O–H groups in total. The van der Waals surface area contributed by atoms with Gasteiger partial charge in [-0.1, -0.05) is 107 Å². The van der Waals surface area contributed by atoms with E-state index in [0.717, 1.165) is 0 Å². The molecule has 0 unspecified atom stereocenters. The molecule has 2 aromatic rings. The van der Waals surface area contributed by atoms with Crippen LogP contribution in [-0.4, -0.2) is 17.5 Å². The van der Waals surface area contributed by atoms with Gasteiger partial charge < -0.3 is 1.43 Å². The molecule has 2 rings (SSSR count). The van der Waals surface area contributed by atoms with Gasteiger partial charge in [0.15, 0.2) is 0 Å². The second-order valence-electron chi connectivity index (χ2n) is 7.02. The summed E-state index contributed by atoms with van der Waals surface area (Å²) in [7, 11) is -4.67. The molecule has 0 aliphatic carbocycles. The minimum atomic E-state index is -4.67. The monoisotopic (exact) mass is 418 g/mol. The van der Waals surface area contributed by atoms with Crippen molar-refractivity contribution < 1.29 is 48.5 Å². The molecule has 0 aromatic heterocycles. The van der Waals surface area contributed by atoms with Gasteiger partial charge in [-0.15, -0.1) is 0 Å². The van der Waals surface area contributed by atoms with Crippen LogP contribution < -0.4 is 29.6 Å². The van der Waals surface area contributed by atoms with E-state index in [9.17, 15) is 0 Å². The van der Waals surface area contributed by atoms with E-state index < -0.39 is 10.4 Å². The van der Waals surface area contributed by atoms with Gasteiger partial charge in [0.1, 0.15) is 0 Å². The van der Waals surface area contributed by atoms with E-state index in [4.69, 9.17) is 17.5 Å². The van der Waals surface area contributed by atoms with Crippen molar-refractivity contribution in [3.05, 3.63) is 48.0 Å². The Kier molecular flexibility index (Phi) is 16.1. The molecule has 6 heteroatoms. The Hall–Kier alpha value is -0.430. The van der Waals surface area contributed by atoms with Crippen LogP contribution in [0.3, 0.4) is 0 Å². The summed E-state index contributed by atoms with van der Waals surface area (Å²) in [6.45, 7) is 2.29. The third-order valence-electron chi connectivity index (χ3n) is 4.68. The summed E-state index contributed by atoms with van der Waals surface area (Å²) >= 11 is 0. The van der Waals surface area contributed by atoms with Crippen LogP contribution in [-0.2, 0) is 16.8 Å². The van der Waals surface area contributed by atoms with Crippen LogP contribution >= 0.6 is 0 Å². The number of fused-ring (bicyclic) bond motifs is 1. The molecule has 0 atom stereocenters. The number of aryl methyl sites for hydroxylation is 1. The summed E-state index contributed by atoms with van der Waals surface area (Å²) in [6.07, 6.45) is 15.4. The maximum absolute atomic E-state index is 8.74. The van der Waals surface area contributed by atoms with Crippen LogP contribution in [0.1, 0.15) is 78.1 Å². The molecular weight excluding hydrogens is 383 g/mol. The van der Waals surface area contributed by atoms with Crippen LogP contribution in [0.2, 0.25) is 0 Å². The predicted octanol–water partition coefficient (Wildman–Crippen LogP) is 3.77. The number of benzene rings is 2. The van der Waals surface area contributed by atoms with E-state index in [0.29, 0.717) is 0 Å². The van der Waals surface area contributed by atoms with E-state index in [2.05, 4.69) is 49.4 Å². The van der Waals surface area contributed by atoms with Gasteiger partial charge in [-0.25, -0.2) is 0 Å². The van der Waals surface area contributed by atoms with Crippen molar-refractivity contribution in [2.75, 3.05) is 0 Å². The topological polar surface area (TPSA) is 74.6 Å². The first-order chi connectivity index (χ1) is 12.9. The van der Waals surface area contributed by atoms with Gasteiger partial charge in [0.05, 0.1) is 0 Å². The second-order valence-corrected chi connectivity index (χ2v) is 7.91. The van der Waals surface area contributed by atoms with Gasteiger partial charge >= 0.3 is 40.0 Å². The summed E-state index contributed by atoms with van der Waals surface area (Å²) in [5.74, 6) is 0. The van der Waals surface area contributed by atoms with Crippen molar-refractivity contribution in [3.63, 3.8) is 0 Å². The van der Waals surface area contributed by atoms with Crippen molar-refractivity contribution in [3.8, 4) is 0 Å². The van der Waals surface area contributed by atoms with Gasteiger partial charge in [0.2, 0.25) is 0 Å². The molecule has 0 saturated carbocycles. The van der Waals surface area contributed by atoms with E-state index >= 15 is 0 Å². The minimum Gasteiger partial charge on any atom is -1.00 e. The van der Waals surface area contributed by atoms with E-state index in [1.54, 1.807) is 0 Å². The maximum Gasteiger partial charge on any atom is 1.00 e. The van der Waals surface area contributed by atoms with E-state index in [1.165, 1.54) is 87.0 Å². The molecule has 2 aromatic carbocycles. The number of hydrogen-bond acceptors (Lipinski definition) is 2. The zero-order chi connectivity index (χ0) is 20.0. The first-order valence-electron chi connectivity index (χ1n) is 10.1. The van der Waals surface area contributed by atoms with Crippen LogP contribution in [0.25, 0.3) is 10.8 Å². The summed E-state index contributed by atoms with van der Waals surface area (Å²) < 4.78 is 31.6. The van der Waals surface area contributed by atoms with Crippen LogP contribution in [0.4, 0.5) is 0 Å². The summed E-state index contributed by atoms with van der Waals surface area (Å²) in [6, 6.07) is 15.5. The standard InChI is InChI=1S/C22H32.Na.H2O4S.H/c1-2-3-4-5-6-7-8-9-10-11-15-20-17-14-18-21-16-12-13-19-22(20)21;;1-5(2,3)4;/h12-14,16-19H,2-11,15H2,1H3;;(H2,1,2,3,4);/q;+1;;-1. The molecule has 154 valence electrons. The maximum atomic E-state index is 8.74. The molecule has 28 heavy (non-hydrogen) atoms. The Labute approximate surface area is 194 Å². The molecule has 0 aliphatic rings. The van der Waals surface area contributed by atoms with E-state index in [-0.39, 0.29) is 31.0 Å².